The summed E-state index contributed by atoms with van der Waals surface area (Å²) >= 11 is 2.93. The SMILES string of the molecule is CC(C)C[C@H](C(=O)N(O)CC(C)C[C@H](C(=O)O)N(CCN1C(=O)CNC1=O)S(=O)(=O)Cc1ccc2sccc2c1)N(CCN1C(=O)CNC1=O)S(=O)(=O)Cc1ccc2sccc2c1. The van der Waals surface area contributed by atoms with Crippen LogP contribution in [0.1, 0.15) is 44.7 Å². The Balaban J connectivity index is 1.24. The van der Waals surface area contributed by atoms with Gasteiger partial charge in [0.1, 0.15) is 12.1 Å². The quantitative estimate of drug-likeness (QED) is 0.0504. The number of carboxylic acid groups (broad SMARTS) is 1. The monoisotopic (exact) mass is 947 g/mol. The smallest absolute Gasteiger partial charge is 0.324 e. The van der Waals surface area contributed by atoms with Gasteiger partial charge in [0, 0.05) is 35.6 Å². The van der Waals surface area contributed by atoms with Crippen molar-refractivity contribution in [3.8, 4) is 0 Å². The lowest BCUT2D eigenvalue weighted by Crippen LogP contribution is -2.54. The Morgan fingerprint density at radius 1 is 0.714 bits per heavy atom. The highest BCUT2D eigenvalue weighted by Gasteiger charge is 2.41. The molecule has 0 radical (unpaired) electrons. The van der Waals surface area contributed by atoms with Gasteiger partial charge in [-0.3, -0.25) is 34.2 Å². The van der Waals surface area contributed by atoms with Crippen molar-refractivity contribution in [2.45, 2.75) is 57.2 Å². The van der Waals surface area contributed by atoms with E-state index in [0.717, 1.165) is 34.3 Å². The van der Waals surface area contributed by atoms with Crippen LogP contribution in [0.25, 0.3) is 20.2 Å². The number of carbonyl (C=O) groups is 6. The molecule has 340 valence electrons. The highest BCUT2D eigenvalue weighted by Crippen LogP contribution is 2.28. The summed E-state index contributed by atoms with van der Waals surface area (Å²) in [5.74, 6) is -6.28. The highest BCUT2D eigenvalue weighted by molar-refractivity contribution is 7.88. The van der Waals surface area contributed by atoms with E-state index in [9.17, 15) is 55.9 Å². The molecule has 4 aromatic rings. The third-order valence-corrected chi connectivity index (χ3v) is 16.2. The molecule has 4 heterocycles. The molecule has 6 rings (SSSR count). The van der Waals surface area contributed by atoms with Crippen LogP contribution < -0.4 is 10.6 Å². The number of sulfonamides is 2. The molecule has 2 aromatic heterocycles. The average Bonchev–Trinajstić information content (AvgIpc) is 4.01. The third kappa shape index (κ3) is 11.4. The lowest BCUT2D eigenvalue weighted by molar-refractivity contribution is -0.173. The molecule has 2 saturated heterocycles. The summed E-state index contributed by atoms with van der Waals surface area (Å²) in [6.45, 7) is 1.88. The first-order valence-electron chi connectivity index (χ1n) is 20.0. The van der Waals surface area contributed by atoms with Gasteiger partial charge in [0.05, 0.1) is 31.1 Å². The van der Waals surface area contributed by atoms with Crippen molar-refractivity contribution in [1.82, 2.24) is 34.1 Å². The normalized spacial score (nSPS) is 16.4. The molecular formula is C40H49N7O12S4. The number of fused-ring (bicyclic) bond motifs is 2. The highest BCUT2D eigenvalue weighted by atomic mass is 32.2. The van der Waals surface area contributed by atoms with Gasteiger partial charge in [0.25, 0.3) is 5.91 Å². The maximum atomic E-state index is 14.4. The van der Waals surface area contributed by atoms with Gasteiger partial charge in [0.2, 0.25) is 31.9 Å². The number of nitrogens with zero attached hydrogens (tertiary/aromatic N) is 5. The van der Waals surface area contributed by atoms with Gasteiger partial charge >= 0.3 is 18.0 Å². The van der Waals surface area contributed by atoms with E-state index < -0.39 is 124 Å². The Kier molecular flexibility index (Phi) is 14.9. The van der Waals surface area contributed by atoms with Crippen LogP contribution in [-0.4, -0.2) is 144 Å². The molecule has 23 heteroatoms. The lowest BCUT2D eigenvalue weighted by atomic mass is 10.00. The van der Waals surface area contributed by atoms with E-state index in [-0.39, 0.29) is 30.5 Å². The molecular weight excluding hydrogens is 899 g/mol. The Hall–Kier alpha value is -5.04. The molecule has 1 unspecified atom stereocenters. The molecule has 7 amide bonds. The fourth-order valence-corrected chi connectivity index (χ4v) is 12.6. The van der Waals surface area contributed by atoms with Gasteiger partial charge in [-0.2, -0.15) is 8.61 Å². The summed E-state index contributed by atoms with van der Waals surface area (Å²) < 4.78 is 60.6. The van der Waals surface area contributed by atoms with Crippen molar-refractivity contribution < 1.29 is 55.9 Å². The molecule has 0 aliphatic carbocycles. The summed E-state index contributed by atoms with van der Waals surface area (Å²) in [5.41, 5.74) is 0.773. The Labute approximate surface area is 372 Å². The number of imide groups is 2. The number of nitrogens with one attached hydrogen (secondary N) is 2. The molecule has 19 nitrogen and oxygen atoms in total. The van der Waals surface area contributed by atoms with Crippen LogP contribution in [0.5, 0.6) is 0 Å². The topological polar surface area (TPSA) is 251 Å². The van der Waals surface area contributed by atoms with Gasteiger partial charge < -0.3 is 15.7 Å². The van der Waals surface area contributed by atoms with Crippen molar-refractivity contribution in [2.24, 2.45) is 11.8 Å². The lowest BCUT2D eigenvalue weighted by Gasteiger charge is -2.35. The van der Waals surface area contributed by atoms with Crippen LogP contribution in [0.2, 0.25) is 0 Å². The fourth-order valence-electron chi connectivity index (χ4n) is 7.68. The van der Waals surface area contributed by atoms with Crippen LogP contribution in [0.3, 0.4) is 0 Å². The molecule has 3 atom stereocenters. The molecule has 0 bridgehead atoms. The van der Waals surface area contributed by atoms with Gasteiger partial charge in [-0.25, -0.2) is 31.5 Å². The van der Waals surface area contributed by atoms with Crippen LogP contribution >= 0.6 is 22.7 Å². The summed E-state index contributed by atoms with van der Waals surface area (Å²) in [6.07, 6.45) is -0.562. The number of hydroxylamine groups is 2. The fraction of sp³-hybridized carbons (Fsp3) is 0.450. The maximum Gasteiger partial charge on any atom is 0.324 e. The van der Waals surface area contributed by atoms with E-state index in [2.05, 4.69) is 10.6 Å². The predicted octanol–water partition coefficient (Wildman–Crippen LogP) is 3.30. The van der Waals surface area contributed by atoms with Gasteiger partial charge in [-0.05, 0) is 93.7 Å². The zero-order chi connectivity index (χ0) is 45.8. The molecule has 4 N–H and O–H groups in total. The van der Waals surface area contributed by atoms with Crippen molar-refractivity contribution in [2.75, 3.05) is 45.8 Å². The summed E-state index contributed by atoms with van der Waals surface area (Å²) in [5, 5.41) is 32.3. The number of hydrogen-bond acceptors (Lipinski definition) is 13. The molecule has 2 fully saturated rings. The number of rotatable bonds is 22. The summed E-state index contributed by atoms with van der Waals surface area (Å²) in [4.78, 5) is 78.7. The second kappa shape index (κ2) is 19.8. The zero-order valence-corrected chi connectivity index (χ0v) is 38.0. The van der Waals surface area contributed by atoms with E-state index in [1.54, 1.807) is 50.2 Å². The first kappa shape index (κ1) is 47.4. The van der Waals surface area contributed by atoms with E-state index in [1.807, 2.05) is 22.9 Å². The Morgan fingerprint density at radius 3 is 1.59 bits per heavy atom. The van der Waals surface area contributed by atoms with Crippen LogP contribution in [0.15, 0.2) is 59.3 Å². The first-order valence-corrected chi connectivity index (χ1v) is 25.0. The first-order chi connectivity index (χ1) is 29.7. The minimum atomic E-state index is -4.49. The van der Waals surface area contributed by atoms with Gasteiger partial charge in [0.15, 0.2) is 0 Å². The number of aliphatic carboxylic acids is 1. The number of urea groups is 2. The number of benzene rings is 2. The van der Waals surface area contributed by atoms with Crippen LogP contribution in [0, 0.1) is 11.8 Å². The number of hydrogen-bond donors (Lipinski definition) is 4. The van der Waals surface area contributed by atoms with Gasteiger partial charge in [-0.1, -0.05) is 32.9 Å². The molecule has 2 aliphatic heterocycles. The van der Waals surface area contributed by atoms with E-state index in [0.29, 0.717) is 15.4 Å². The van der Waals surface area contributed by atoms with Crippen molar-refractivity contribution in [1.29, 1.82) is 0 Å². The number of carbonyl (C=O) groups excluding carboxylic acids is 5. The van der Waals surface area contributed by atoms with Gasteiger partial charge in [-0.15, -0.1) is 22.7 Å². The van der Waals surface area contributed by atoms with Crippen molar-refractivity contribution >= 4 is 98.6 Å². The summed E-state index contributed by atoms with van der Waals surface area (Å²) in [7, 11) is -8.90. The van der Waals surface area contributed by atoms with E-state index in [4.69, 9.17) is 0 Å². The van der Waals surface area contributed by atoms with E-state index in [1.165, 1.54) is 29.6 Å². The molecule has 2 aromatic carbocycles. The summed E-state index contributed by atoms with van der Waals surface area (Å²) in [6, 6.07) is 8.97. The predicted molar refractivity (Wildman–Crippen MR) is 234 cm³/mol. The Morgan fingerprint density at radius 2 is 1.17 bits per heavy atom. The van der Waals surface area contributed by atoms with Crippen LogP contribution in [0.4, 0.5) is 9.59 Å². The van der Waals surface area contributed by atoms with Crippen molar-refractivity contribution in [3.63, 3.8) is 0 Å². The maximum absolute atomic E-state index is 14.4. The zero-order valence-electron chi connectivity index (χ0n) is 34.7. The largest absolute Gasteiger partial charge is 0.480 e. The second-order valence-electron chi connectivity index (χ2n) is 16.0. The number of carboxylic acids is 1. The van der Waals surface area contributed by atoms with Crippen LogP contribution in [-0.2, 0) is 50.7 Å². The molecule has 0 spiro atoms. The van der Waals surface area contributed by atoms with Crippen molar-refractivity contribution in [3.05, 3.63) is 70.4 Å². The number of amides is 7. The minimum Gasteiger partial charge on any atom is -0.480 e. The van der Waals surface area contributed by atoms with E-state index >= 15 is 0 Å². The molecule has 2 aliphatic rings. The average molecular weight is 948 g/mol. The Bertz CT molecular complexity index is 2580. The molecule has 63 heavy (non-hydrogen) atoms. The minimum absolute atomic E-state index is 0.100. The number of thiophene rings is 2. The third-order valence-electron chi connectivity index (χ3n) is 10.7. The molecule has 0 saturated carbocycles. The second-order valence-corrected chi connectivity index (χ2v) is 21.7. The standard InChI is InChI=1S/C40H49N7O12S4/c1-25(2)16-31(46(12-10-43-35(48)20-41-39(43)53)62(56,57)23-27-4-6-33-29(18-27)8-14-60-33)37(50)45(55)22-26(3)17-32(38(51)52)47(13-11-44-36(49)21-42-40(44)54)63(58,59)24-28-5-7-34-30(19-28)9-15-61-34/h4-9,14-15,18-19,25-26,31-32,55H,10-13,16-17,20-24H2,1-3H3,(H,41,53)(H,42,54)(H,51,52)/t26?,31-,32-/m1/s1.